The van der Waals surface area contributed by atoms with Crippen LogP contribution in [0.2, 0.25) is 0 Å². The van der Waals surface area contributed by atoms with Gasteiger partial charge in [0.05, 0.1) is 25.5 Å². The van der Waals surface area contributed by atoms with Gasteiger partial charge in [0.2, 0.25) is 5.82 Å². The summed E-state index contributed by atoms with van der Waals surface area (Å²) in [5, 5.41) is 21.5. The van der Waals surface area contributed by atoms with Gasteiger partial charge in [-0.2, -0.15) is 4.39 Å². The van der Waals surface area contributed by atoms with E-state index in [0.29, 0.717) is 11.3 Å². The number of nitrogens with zero attached hydrogens (tertiary/aromatic N) is 1. The molecule has 2 heterocycles. The highest BCUT2D eigenvalue weighted by atomic mass is 19.2. The lowest BCUT2D eigenvalue weighted by molar-refractivity contribution is -0.127. The van der Waals surface area contributed by atoms with Crippen LogP contribution in [0, 0.1) is 17.6 Å². The van der Waals surface area contributed by atoms with Crippen LogP contribution in [0.1, 0.15) is 37.1 Å². The average molecular weight is 422 g/mol. The van der Waals surface area contributed by atoms with Crippen molar-refractivity contribution in [1.82, 2.24) is 4.98 Å². The van der Waals surface area contributed by atoms with E-state index < -0.39 is 42.3 Å². The van der Waals surface area contributed by atoms with Crippen LogP contribution in [0.25, 0.3) is 0 Å². The molecule has 0 saturated carbocycles. The minimum atomic E-state index is -1.18. The van der Waals surface area contributed by atoms with Gasteiger partial charge in [-0.25, -0.2) is 4.39 Å². The molecule has 0 spiro atoms. The molecule has 1 saturated heterocycles. The van der Waals surface area contributed by atoms with Gasteiger partial charge in [-0.3, -0.25) is 9.78 Å². The van der Waals surface area contributed by atoms with Crippen LogP contribution in [-0.4, -0.2) is 47.0 Å². The second-order valence-corrected chi connectivity index (χ2v) is 7.29. The predicted octanol–water partition coefficient (Wildman–Crippen LogP) is 2.54. The molecule has 1 fully saturated rings. The van der Waals surface area contributed by atoms with Crippen molar-refractivity contribution in [1.29, 1.82) is 0 Å². The molecule has 5 atom stereocenters. The number of aliphatic hydroxyl groups excluding tert-OH is 2. The standard InChI is InChI=1S/C21H24F2N2O5/c1-10-11(2)30-20(17(10)13-4-5-14(22)18(23)19(13)29-3)21(28)25-12-6-7-24-15(8-12)16(27)9-26/h4-8,10-11,16-17,20,26-27H,9H2,1-3H3,(H,24,25,28)/t10-,11+,16?,17+,20-/m1/s1. The van der Waals surface area contributed by atoms with Crippen molar-refractivity contribution in [2.24, 2.45) is 5.92 Å². The van der Waals surface area contributed by atoms with Crippen LogP contribution in [-0.2, 0) is 9.53 Å². The summed E-state index contributed by atoms with van der Waals surface area (Å²) in [4.78, 5) is 17.0. The summed E-state index contributed by atoms with van der Waals surface area (Å²) >= 11 is 0. The number of amides is 1. The molecule has 0 bridgehead atoms. The van der Waals surface area contributed by atoms with E-state index >= 15 is 0 Å². The molecule has 3 N–H and O–H groups in total. The molecule has 1 unspecified atom stereocenters. The van der Waals surface area contributed by atoms with Crippen LogP contribution in [0.3, 0.4) is 0 Å². The smallest absolute Gasteiger partial charge is 0.254 e. The molecule has 9 heteroatoms. The fraction of sp³-hybridized carbons (Fsp3) is 0.429. The first kappa shape index (κ1) is 22.1. The van der Waals surface area contributed by atoms with Gasteiger partial charge in [-0.15, -0.1) is 0 Å². The molecule has 2 aromatic rings. The Kier molecular flexibility index (Phi) is 6.64. The van der Waals surface area contributed by atoms with Crippen molar-refractivity contribution in [3.05, 3.63) is 53.4 Å². The van der Waals surface area contributed by atoms with Crippen molar-refractivity contribution >= 4 is 11.6 Å². The highest BCUT2D eigenvalue weighted by Crippen LogP contribution is 2.44. The number of rotatable bonds is 6. The number of aliphatic hydroxyl groups is 2. The number of carbonyl (C=O) groups excluding carboxylic acids is 1. The Hall–Kier alpha value is -2.62. The summed E-state index contributed by atoms with van der Waals surface area (Å²) < 4.78 is 38.9. The Balaban J connectivity index is 1.91. The third-order valence-corrected chi connectivity index (χ3v) is 5.46. The van der Waals surface area contributed by atoms with Gasteiger partial charge in [0.1, 0.15) is 12.2 Å². The van der Waals surface area contributed by atoms with Crippen molar-refractivity contribution in [2.45, 2.75) is 38.1 Å². The van der Waals surface area contributed by atoms with E-state index in [1.54, 1.807) is 6.92 Å². The fourth-order valence-electron chi connectivity index (χ4n) is 3.71. The van der Waals surface area contributed by atoms with Gasteiger partial charge in [0.25, 0.3) is 5.91 Å². The highest BCUT2D eigenvalue weighted by molar-refractivity contribution is 5.95. The third-order valence-electron chi connectivity index (χ3n) is 5.46. The number of ether oxygens (including phenoxy) is 2. The topological polar surface area (TPSA) is 101 Å². The SMILES string of the molecule is COc1c([C@@H]2[C@H](C)[C@H](C)O[C@H]2C(=O)Nc2ccnc(C(O)CO)c2)ccc(F)c1F. The zero-order valence-electron chi connectivity index (χ0n) is 16.8. The van der Waals surface area contributed by atoms with Gasteiger partial charge in [0.15, 0.2) is 11.6 Å². The highest BCUT2D eigenvalue weighted by Gasteiger charge is 2.46. The number of halogens is 2. The number of carbonyl (C=O) groups is 1. The van der Waals surface area contributed by atoms with Crippen LogP contribution < -0.4 is 10.1 Å². The molecule has 3 rings (SSSR count). The lowest BCUT2D eigenvalue weighted by Gasteiger charge is -2.23. The van der Waals surface area contributed by atoms with Crippen molar-refractivity contribution in [3.63, 3.8) is 0 Å². The second-order valence-electron chi connectivity index (χ2n) is 7.29. The Morgan fingerprint density at radius 1 is 1.33 bits per heavy atom. The molecule has 0 aliphatic carbocycles. The number of nitrogens with one attached hydrogen (secondary N) is 1. The van der Waals surface area contributed by atoms with Crippen LogP contribution in [0.4, 0.5) is 14.5 Å². The Labute approximate surface area is 172 Å². The minimum absolute atomic E-state index is 0.177. The molecule has 1 amide bonds. The molecule has 1 aromatic heterocycles. The molecule has 1 aliphatic heterocycles. The number of methoxy groups -OCH3 is 1. The average Bonchev–Trinajstić information content (AvgIpc) is 3.04. The van der Waals surface area contributed by atoms with Gasteiger partial charge in [0, 0.05) is 23.4 Å². The van der Waals surface area contributed by atoms with E-state index in [0.717, 1.165) is 6.07 Å². The fourth-order valence-corrected chi connectivity index (χ4v) is 3.71. The normalized spacial score (nSPS) is 24.5. The summed E-state index contributed by atoms with van der Waals surface area (Å²) in [6.07, 6.45) is -1.08. The van der Waals surface area contributed by atoms with Crippen LogP contribution in [0.5, 0.6) is 5.75 Å². The summed E-state index contributed by atoms with van der Waals surface area (Å²) in [6, 6.07) is 5.37. The van der Waals surface area contributed by atoms with Gasteiger partial charge < -0.3 is 25.0 Å². The summed E-state index contributed by atoms with van der Waals surface area (Å²) in [6.45, 7) is 3.16. The van der Waals surface area contributed by atoms with Crippen molar-refractivity contribution in [3.8, 4) is 5.75 Å². The minimum Gasteiger partial charge on any atom is -0.493 e. The number of benzene rings is 1. The summed E-state index contributed by atoms with van der Waals surface area (Å²) in [5.41, 5.74) is 0.895. The Morgan fingerprint density at radius 2 is 2.07 bits per heavy atom. The molecule has 7 nitrogen and oxygen atoms in total. The third kappa shape index (κ3) is 4.14. The number of hydrogen-bond acceptors (Lipinski definition) is 6. The monoisotopic (exact) mass is 422 g/mol. The number of aromatic nitrogens is 1. The van der Waals surface area contributed by atoms with Crippen molar-refractivity contribution < 1.29 is 33.3 Å². The maximum Gasteiger partial charge on any atom is 0.254 e. The van der Waals surface area contributed by atoms with Gasteiger partial charge in [-0.1, -0.05) is 13.0 Å². The maximum atomic E-state index is 14.3. The number of hydrogen-bond donors (Lipinski definition) is 3. The molecule has 1 aromatic carbocycles. The van der Waals surface area contributed by atoms with E-state index in [1.165, 1.54) is 31.5 Å². The maximum absolute atomic E-state index is 14.3. The first-order valence-electron chi connectivity index (χ1n) is 9.51. The molecule has 0 radical (unpaired) electrons. The van der Waals surface area contributed by atoms with E-state index in [-0.39, 0.29) is 23.5 Å². The van der Waals surface area contributed by atoms with Crippen LogP contribution in [0.15, 0.2) is 30.5 Å². The Morgan fingerprint density at radius 3 is 2.73 bits per heavy atom. The first-order valence-corrected chi connectivity index (χ1v) is 9.51. The van der Waals surface area contributed by atoms with E-state index in [1.807, 2.05) is 6.92 Å². The lowest BCUT2D eigenvalue weighted by Crippen LogP contribution is -2.33. The van der Waals surface area contributed by atoms with E-state index in [2.05, 4.69) is 10.3 Å². The number of pyridine rings is 1. The molecular formula is C21H24F2N2O5. The van der Waals surface area contributed by atoms with E-state index in [9.17, 15) is 18.7 Å². The largest absolute Gasteiger partial charge is 0.493 e. The Bertz CT molecular complexity index is 926. The van der Waals surface area contributed by atoms with Gasteiger partial charge >= 0.3 is 0 Å². The zero-order valence-corrected chi connectivity index (χ0v) is 16.8. The molecule has 1 aliphatic rings. The molecular weight excluding hydrogens is 398 g/mol. The van der Waals surface area contributed by atoms with Crippen molar-refractivity contribution in [2.75, 3.05) is 19.0 Å². The summed E-state index contributed by atoms with van der Waals surface area (Å²) in [5.74, 6) is -3.64. The zero-order chi connectivity index (χ0) is 22.0. The summed E-state index contributed by atoms with van der Waals surface area (Å²) in [7, 11) is 1.24. The van der Waals surface area contributed by atoms with E-state index in [4.69, 9.17) is 14.6 Å². The quantitative estimate of drug-likeness (QED) is 0.662. The first-order chi connectivity index (χ1) is 14.3. The lowest BCUT2D eigenvalue weighted by atomic mass is 9.82. The van der Waals surface area contributed by atoms with Gasteiger partial charge in [-0.05, 0) is 31.0 Å². The second kappa shape index (κ2) is 9.03. The van der Waals surface area contributed by atoms with Crippen LogP contribution >= 0.6 is 0 Å². The predicted molar refractivity (Wildman–Crippen MR) is 104 cm³/mol. The number of anilines is 1. The molecule has 162 valence electrons. The molecule has 30 heavy (non-hydrogen) atoms.